The molecule has 0 aromatic heterocycles. The van der Waals surface area contributed by atoms with Crippen molar-refractivity contribution in [3.05, 3.63) is 11.5 Å². The molecule has 0 aliphatic carbocycles. The van der Waals surface area contributed by atoms with Crippen LogP contribution in [0.3, 0.4) is 0 Å². The van der Waals surface area contributed by atoms with Gasteiger partial charge in [0.25, 0.3) is 0 Å². The summed E-state index contributed by atoms with van der Waals surface area (Å²) in [6, 6.07) is 0. The Labute approximate surface area is 107 Å². The highest BCUT2D eigenvalue weighted by molar-refractivity contribution is 9.09. The number of rotatable bonds is 5. The maximum absolute atomic E-state index is 11.5. The number of hydrogen-bond donors (Lipinski definition) is 0. The normalized spacial score (nSPS) is 20.9. The smallest absolute Gasteiger partial charge is 0.378 e. The third-order valence-corrected chi connectivity index (χ3v) is 2.77. The molecule has 96 valence electrons. The second-order valence-corrected chi connectivity index (χ2v) is 3.88. The molecule has 6 nitrogen and oxygen atoms in total. The van der Waals surface area contributed by atoms with Crippen LogP contribution in [0.1, 0.15) is 6.92 Å². The van der Waals surface area contributed by atoms with Crippen LogP contribution in [-0.4, -0.2) is 43.7 Å². The van der Waals surface area contributed by atoms with E-state index in [1.807, 2.05) is 0 Å². The predicted molar refractivity (Wildman–Crippen MR) is 60.3 cm³/mol. The van der Waals surface area contributed by atoms with Gasteiger partial charge in [-0.15, -0.1) is 0 Å². The minimum atomic E-state index is -0.786. The first-order valence-corrected chi connectivity index (χ1v) is 5.93. The largest absolute Gasteiger partial charge is 0.493 e. The fraction of sp³-hybridized carbons (Fsp3) is 0.600. The molecule has 1 aliphatic rings. The van der Waals surface area contributed by atoms with Gasteiger partial charge in [0.05, 0.1) is 14.2 Å². The van der Waals surface area contributed by atoms with Crippen molar-refractivity contribution in [3.63, 3.8) is 0 Å². The lowest BCUT2D eigenvalue weighted by Gasteiger charge is -2.21. The predicted octanol–water partition coefficient (Wildman–Crippen LogP) is 0.743. The van der Waals surface area contributed by atoms with E-state index in [1.165, 1.54) is 21.1 Å². The highest BCUT2D eigenvalue weighted by Gasteiger charge is 2.42. The van der Waals surface area contributed by atoms with Crippen LogP contribution in [0.25, 0.3) is 0 Å². The van der Waals surface area contributed by atoms with E-state index < -0.39 is 24.1 Å². The molecule has 0 amide bonds. The molecular weight excluding hydrogens is 296 g/mol. The molecule has 7 heteroatoms. The van der Waals surface area contributed by atoms with Gasteiger partial charge in [0.15, 0.2) is 11.9 Å². The van der Waals surface area contributed by atoms with Crippen molar-refractivity contribution in [2.75, 3.05) is 19.5 Å². The van der Waals surface area contributed by atoms with Gasteiger partial charge in [-0.3, -0.25) is 4.79 Å². The van der Waals surface area contributed by atoms with Crippen LogP contribution in [0.4, 0.5) is 0 Å². The van der Waals surface area contributed by atoms with E-state index in [2.05, 4.69) is 15.9 Å². The number of ether oxygens (including phenoxy) is 4. The van der Waals surface area contributed by atoms with Crippen LogP contribution in [0.15, 0.2) is 11.5 Å². The number of halogens is 1. The van der Waals surface area contributed by atoms with Gasteiger partial charge >= 0.3 is 11.9 Å². The Kier molecular flexibility index (Phi) is 4.80. The molecule has 0 aromatic rings. The number of carbonyl (C=O) groups is 2. The number of alkyl halides is 1. The Morgan fingerprint density at radius 1 is 1.47 bits per heavy atom. The van der Waals surface area contributed by atoms with E-state index >= 15 is 0 Å². The molecule has 0 N–H and O–H groups in total. The molecule has 0 saturated carbocycles. The molecule has 1 aliphatic heterocycles. The lowest BCUT2D eigenvalue weighted by Crippen LogP contribution is -2.34. The lowest BCUT2D eigenvalue weighted by molar-refractivity contribution is -0.159. The van der Waals surface area contributed by atoms with Gasteiger partial charge in [0.2, 0.25) is 11.9 Å². The first-order valence-electron chi connectivity index (χ1n) is 4.81. The fourth-order valence-corrected chi connectivity index (χ4v) is 1.95. The average molecular weight is 309 g/mol. The summed E-state index contributed by atoms with van der Waals surface area (Å²) in [6.45, 7) is 1.28. The monoisotopic (exact) mass is 308 g/mol. The Bertz CT molecular complexity index is 351. The summed E-state index contributed by atoms with van der Waals surface area (Å²) >= 11 is 3.19. The minimum Gasteiger partial charge on any atom is -0.493 e. The molecule has 0 spiro atoms. The summed E-state index contributed by atoms with van der Waals surface area (Å²) in [5, 5.41) is 0.314. The Morgan fingerprint density at radius 2 is 2.12 bits per heavy atom. The molecule has 17 heavy (non-hydrogen) atoms. The Balaban J connectivity index is 2.94. The third-order valence-electron chi connectivity index (χ3n) is 2.13. The zero-order valence-corrected chi connectivity index (χ0v) is 11.3. The molecule has 0 unspecified atom stereocenters. The highest BCUT2D eigenvalue weighted by atomic mass is 79.9. The highest BCUT2D eigenvalue weighted by Crippen LogP contribution is 2.28. The fourth-order valence-electron chi connectivity index (χ4n) is 1.48. The number of esters is 2. The molecule has 2 atom stereocenters. The number of carbonyl (C=O) groups excluding carboxylic acids is 2. The van der Waals surface area contributed by atoms with E-state index in [0.717, 1.165) is 0 Å². The van der Waals surface area contributed by atoms with Crippen LogP contribution in [0.5, 0.6) is 0 Å². The molecule has 1 heterocycles. The summed E-state index contributed by atoms with van der Waals surface area (Å²) in [5.74, 6) is -0.877. The number of cyclic esters (lactones) is 1. The van der Waals surface area contributed by atoms with Crippen LogP contribution >= 0.6 is 15.9 Å². The maximum atomic E-state index is 11.5. The van der Waals surface area contributed by atoms with E-state index in [9.17, 15) is 9.59 Å². The molecular formula is C10H13BrO6. The van der Waals surface area contributed by atoms with Gasteiger partial charge in [0, 0.05) is 12.3 Å². The van der Waals surface area contributed by atoms with Crippen molar-refractivity contribution in [2.24, 2.45) is 0 Å². The summed E-state index contributed by atoms with van der Waals surface area (Å²) in [7, 11) is 2.73. The first kappa shape index (κ1) is 13.8. The van der Waals surface area contributed by atoms with Crippen molar-refractivity contribution in [1.29, 1.82) is 0 Å². The molecule has 0 radical (unpaired) electrons. The van der Waals surface area contributed by atoms with Gasteiger partial charge < -0.3 is 18.9 Å². The number of methoxy groups -OCH3 is 2. The molecule has 0 saturated heterocycles. The summed E-state index contributed by atoms with van der Waals surface area (Å²) < 4.78 is 20.0. The second kappa shape index (κ2) is 5.90. The summed E-state index contributed by atoms with van der Waals surface area (Å²) in [4.78, 5) is 22.4. The van der Waals surface area contributed by atoms with Crippen LogP contribution in [-0.2, 0) is 28.5 Å². The van der Waals surface area contributed by atoms with Crippen LogP contribution in [0.2, 0.25) is 0 Å². The van der Waals surface area contributed by atoms with Crippen molar-refractivity contribution in [2.45, 2.75) is 19.1 Å². The Hall–Kier alpha value is -1.24. The first-order chi connectivity index (χ1) is 8.04. The quantitative estimate of drug-likeness (QED) is 0.551. The zero-order chi connectivity index (χ0) is 13.0. The van der Waals surface area contributed by atoms with Gasteiger partial charge in [-0.2, -0.15) is 0 Å². The molecule has 1 rings (SSSR count). The SMILES string of the molecule is COC1=C(OC)[C@@H]([C@H](CBr)OC(C)=O)OC1=O. The summed E-state index contributed by atoms with van der Waals surface area (Å²) in [5.41, 5.74) is 0. The Morgan fingerprint density at radius 3 is 2.53 bits per heavy atom. The van der Waals surface area contributed by atoms with E-state index in [0.29, 0.717) is 5.33 Å². The molecule has 0 bridgehead atoms. The van der Waals surface area contributed by atoms with Gasteiger partial charge in [0.1, 0.15) is 0 Å². The van der Waals surface area contributed by atoms with E-state index in [1.54, 1.807) is 0 Å². The lowest BCUT2D eigenvalue weighted by atomic mass is 10.2. The topological polar surface area (TPSA) is 71.1 Å². The molecule has 0 fully saturated rings. The number of hydrogen-bond acceptors (Lipinski definition) is 6. The van der Waals surface area contributed by atoms with Gasteiger partial charge in [-0.25, -0.2) is 4.79 Å². The zero-order valence-electron chi connectivity index (χ0n) is 9.69. The minimum absolute atomic E-state index is 0.00407. The van der Waals surface area contributed by atoms with Crippen LogP contribution in [0, 0.1) is 0 Å². The summed E-state index contributed by atoms with van der Waals surface area (Å²) in [6.07, 6.45) is -1.44. The van der Waals surface area contributed by atoms with E-state index in [4.69, 9.17) is 18.9 Å². The van der Waals surface area contributed by atoms with Crippen molar-refractivity contribution in [1.82, 2.24) is 0 Å². The van der Waals surface area contributed by atoms with Crippen molar-refractivity contribution >= 4 is 27.9 Å². The second-order valence-electron chi connectivity index (χ2n) is 3.23. The van der Waals surface area contributed by atoms with Crippen LogP contribution < -0.4 is 0 Å². The van der Waals surface area contributed by atoms with E-state index in [-0.39, 0.29) is 11.5 Å². The third kappa shape index (κ3) is 2.91. The maximum Gasteiger partial charge on any atom is 0.378 e. The van der Waals surface area contributed by atoms with Crippen molar-refractivity contribution in [3.8, 4) is 0 Å². The van der Waals surface area contributed by atoms with Crippen molar-refractivity contribution < 1.29 is 28.5 Å². The molecule has 0 aromatic carbocycles. The standard InChI is InChI=1S/C10H13BrO6/c1-5(12)16-6(4-11)7-8(14-2)9(15-3)10(13)17-7/h6-7H,4H2,1-3H3/t6-,7+/m0/s1. The van der Waals surface area contributed by atoms with Gasteiger partial charge in [-0.1, -0.05) is 15.9 Å². The average Bonchev–Trinajstić information content (AvgIpc) is 2.61. The van der Waals surface area contributed by atoms with Gasteiger partial charge in [-0.05, 0) is 0 Å².